The van der Waals surface area contributed by atoms with Crippen molar-refractivity contribution in [3.63, 3.8) is 0 Å². The van der Waals surface area contributed by atoms with Crippen molar-refractivity contribution >= 4 is 11.3 Å². The molecule has 1 N–H and O–H groups in total. The third kappa shape index (κ3) is 5.98. The molecule has 0 fully saturated rings. The van der Waals surface area contributed by atoms with Crippen LogP contribution in [0.5, 0.6) is 5.19 Å². The van der Waals surface area contributed by atoms with Crippen LogP contribution < -0.4 is 10.1 Å². The molecule has 1 rings (SSSR count). The van der Waals surface area contributed by atoms with Crippen molar-refractivity contribution in [1.29, 1.82) is 0 Å². The van der Waals surface area contributed by atoms with Gasteiger partial charge in [0.15, 0.2) is 0 Å². The van der Waals surface area contributed by atoms with Crippen LogP contribution in [0, 0.1) is 5.92 Å². The number of nitrogens with zero attached hydrogens (tertiary/aromatic N) is 2. The fraction of sp³-hybridized carbons (Fsp3) is 0.833. The maximum atomic E-state index is 5.73. The summed E-state index contributed by atoms with van der Waals surface area (Å²) in [6.07, 6.45) is 1.24. The van der Waals surface area contributed by atoms with Gasteiger partial charge in [0.1, 0.15) is 5.01 Å². The Labute approximate surface area is 108 Å². The summed E-state index contributed by atoms with van der Waals surface area (Å²) in [5.41, 5.74) is 0. The lowest BCUT2D eigenvalue weighted by molar-refractivity contribution is 0.191. The second-order valence-corrected chi connectivity index (χ2v) is 6.08. The molecule has 1 aromatic rings. The minimum atomic E-state index is 0.203. The molecule has 0 bridgehead atoms. The van der Waals surface area contributed by atoms with Crippen molar-refractivity contribution in [3.05, 3.63) is 5.01 Å². The van der Waals surface area contributed by atoms with Gasteiger partial charge < -0.3 is 10.1 Å². The average molecular weight is 257 g/mol. The number of aromatic nitrogens is 2. The summed E-state index contributed by atoms with van der Waals surface area (Å²) in [4.78, 5) is 0. The van der Waals surface area contributed by atoms with Crippen LogP contribution in [0.25, 0.3) is 0 Å². The summed E-state index contributed by atoms with van der Waals surface area (Å²) < 4.78 is 5.73. The zero-order chi connectivity index (χ0) is 12.8. The summed E-state index contributed by atoms with van der Waals surface area (Å²) in [6.45, 7) is 11.5. The molecule has 17 heavy (non-hydrogen) atoms. The topological polar surface area (TPSA) is 47.0 Å². The van der Waals surface area contributed by atoms with Gasteiger partial charge in [0.2, 0.25) is 0 Å². The molecular formula is C12H23N3OS. The molecule has 0 spiro atoms. The predicted octanol–water partition coefficient (Wildman–Crippen LogP) is 2.85. The molecule has 1 heterocycles. The fourth-order valence-corrected chi connectivity index (χ4v) is 2.27. The first kappa shape index (κ1) is 14.4. The van der Waals surface area contributed by atoms with E-state index in [1.807, 2.05) is 0 Å². The van der Waals surface area contributed by atoms with Crippen LogP contribution in [0.15, 0.2) is 0 Å². The zero-order valence-electron chi connectivity index (χ0n) is 11.4. The first-order chi connectivity index (χ1) is 7.97. The molecule has 0 aliphatic rings. The molecule has 1 atom stereocenters. The highest BCUT2D eigenvalue weighted by molar-refractivity contribution is 7.13. The third-order valence-corrected chi connectivity index (χ3v) is 3.03. The number of hydrogen-bond acceptors (Lipinski definition) is 5. The fourth-order valence-electron chi connectivity index (χ4n) is 1.53. The second-order valence-electron chi connectivity index (χ2n) is 5.06. The van der Waals surface area contributed by atoms with Gasteiger partial charge in [0, 0.05) is 6.04 Å². The number of ether oxygens (including phenoxy) is 1. The Bertz CT molecular complexity index is 325. The molecule has 98 valence electrons. The van der Waals surface area contributed by atoms with Gasteiger partial charge in [0.05, 0.1) is 12.6 Å². The van der Waals surface area contributed by atoms with Crippen LogP contribution in [0.3, 0.4) is 0 Å². The zero-order valence-corrected chi connectivity index (χ0v) is 12.2. The molecular weight excluding hydrogens is 234 g/mol. The van der Waals surface area contributed by atoms with E-state index in [2.05, 4.69) is 50.1 Å². The largest absolute Gasteiger partial charge is 0.466 e. The number of nitrogens with one attached hydrogen (secondary N) is 1. The Balaban J connectivity index is 2.39. The Morgan fingerprint density at radius 1 is 1.18 bits per heavy atom. The van der Waals surface area contributed by atoms with Crippen LogP contribution in [-0.2, 0) is 6.54 Å². The van der Waals surface area contributed by atoms with Crippen molar-refractivity contribution in [2.24, 2.45) is 5.92 Å². The lowest BCUT2D eigenvalue weighted by Crippen LogP contribution is -2.21. The lowest BCUT2D eigenvalue weighted by atomic mass is 10.1. The summed E-state index contributed by atoms with van der Waals surface area (Å²) in [7, 11) is 0. The molecule has 0 saturated heterocycles. The highest BCUT2D eigenvalue weighted by atomic mass is 32.1. The first-order valence-electron chi connectivity index (χ1n) is 6.19. The third-order valence-electron chi connectivity index (χ3n) is 2.22. The molecule has 1 unspecified atom stereocenters. The van der Waals surface area contributed by atoms with Crippen molar-refractivity contribution in [3.8, 4) is 5.19 Å². The van der Waals surface area contributed by atoms with Crippen LogP contribution in [0.4, 0.5) is 0 Å². The molecule has 0 aliphatic carbocycles. The Morgan fingerprint density at radius 2 is 1.88 bits per heavy atom. The van der Waals surface area contributed by atoms with Gasteiger partial charge in [-0.25, -0.2) is 0 Å². The summed E-state index contributed by atoms with van der Waals surface area (Å²) in [5.74, 6) is 0.639. The quantitative estimate of drug-likeness (QED) is 0.816. The van der Waals surface area contributed by atoms with Crippen LogP contribution in [0.2, 0.25) is 0 Å². The number of hydrogen-bond donors (Lipinski definition) is 1. The SMILES string of the molecule is CC(C)CC(C)Oc1nnc(CNC(C)C)s1. The standard InChI is InChI=1S/C12H23N3OS/c1-8(2)6-10(5)16-12-15-14-11(17-12)7-13-9(3)4/h8-10,13H,6-7H2,1-5H3. The van der Waals surface area contributed by atoms with Crippen LogP contribution in [-0.4, -0.2) is 22.3 Å². The van der Waals surface area contributed by atoms with E-state index >= 15 is 0 Å². The van der Waals surface area contributed by atoms with E-state index in [1.165, 1.54) is 11.3 Å². The van der Waals surface area contributed by atoms with E-state index < -0.39 is 0 Å². The minimum absolute atomic E-state index is 0.203. The molecule has 5 heteroatoms. The molecule has 0 aromatic carbocycles. The van der Waals surface area contributed by atoms with Gasteiger partial charge in [-0.3, -0.25) is 0 Å². The Hall–Kier alpha value is -0.680. The predicted molar refractivity (Wildman–Crippen MR) is 71.4 cm³/mol. The smallest absolute Gasteiger partial charge is 0.294 e. The lowest BCUT2D eigenvalue weighted by Gasteiger charge is -2.13. The maximum Gasteiger partial charge on any atom is 0.294 e. The highest BCUT2D eigenvalue weighted by Crippen LogP contribution is 2.20. The molecule has 4 nitrogen and oxygen atoms in total. The van der Waals surface area contributed by atoms with E-state index in [9.17, 15) is 0 Å². The normalized spacial score (nSPS) is 13.4. The summed E-state index contributed by atoms with van der Waals surface area (Å²) in [5, 5.41) is 13.1. The Kier molecular flexibility index (Phi) is 5.85. The molecule has 0 amide bonds. The molecule has 0 aliphatic heterocycles. The highest BCUT2D eigenvalue weighted by Gasteiger charge is 2.11. The van der Waals surface area contributed by atoms with Gasteiger partial charge in [0.25, 0.3) is 5.19 Å². The van der Waals surface area contributed by atoms with Gasteiger partial charge in [-0.1, -0.05) is 44.1 Å². The average Bonchev–Trinajstić information content (AvgIpc) is 2.61. The van der Waals surface area contributed by atoms with Crippen LogP contribution >= 0.6 is 11.3 Å². The van der Waals surface area contributed by atoms with E-state index in [4.69, 9.17) is 4.74 Å². The maximum absolute atomic E-state index is 5.73. The van der Waals surface area contributed by atoms with E-state index in [0.717, 1.165) is 18.0 Å². The van der Waals surface area contributed by atoms with Crippen molar-refractivity contribution in [2.45, 2.75) is 59.7 Å². The minimum Gasteiger partial charge on any atom is -0.466 e. The van der Waals surface area contributed by atoms with E-state index in [0.29, 0.717) is 17.2 Å². The molecule has 0 saturated carbocycles. The van der Waals surface area contributed by atoms with E-state index in [-0.39, 0.29) is 6.10 Å². The molecule has 0 radical (unpaired) electrons. The molecule has 1 aromatic heterocycles. The van der Waals surface area contributed by atoms with Crippen molar-refractivity contribution < 1.29 is 4.74 Å². The van der Waals surface area contributed by atoms with Gasteiger partial charge in [-0.05, 0) is 19.3 Å². The monoisotopic (exact) mass is 257 g/mol. The summed E-state index contributed by atoms with van der Waals surface area (Å²) >= 11 is 1.52. The van der Waals surface area contributed by atoms with Crippen molar-refractivity contribution in [2.75, 3.05) is 0 Å². The Morgan fingerprint density at radius 3 is 2.47 bits per heavy atom. The number of rotatable bonds is 7. The summed E-state index contributed by atoms with van der Waals surface area (Å²) in [6, 6.07) is 0.461. The van der Waals surface area contributed by atoms with Gasteiger partial charge >= 0.3 is 0 Å². The second kappa shape index (κ2) is 6.91. The first-order valence-corrected chi connectivity index (χ1v) is 7.01. The van der Waals surface area contributed by atoms with Crippen molar-refractivity contribution in [1.82, 2.24) is 15.5 Å². The van der Waals surface area contributed by atoms with E-state index in [1.54, 1.807) is 0 Å². The van der Waals surface area contributed by atoms with Gasteiger partial charge in [-0.15, -0.1) is 5.10 Å². The van der Waals surface area contributed by atoms with Gasteiger partial charge in [-0.2, -0.15) is 0 Å². The van der Waals surface area contributed by atoms with Crippen LogP contribution in [0.1, 0.15) is 46.0 Å².